The molecule has 1 aromatic carbocycles. The maximum absolute atomic E-state index is 13.9. The van der Waals surface area contributed by atoms with Crippen LogP contribution in [-0.2, 0) is 11.2 Å². The van der Waals surface area contributed by atoms with Crippen LogP contribution in [0.25, 0.3) is 5.69 Å². The molecule has 0 fully saturated rings. The Balaban J connectivity index is 0.000000487. The van der Waals surface area contributed by atoms with Gasteiger partial charge in [0.2, 0.25) is 0 Å². The van der Waals surface area contributed by atoms with Crippen molar-refractivity contribution in [3.8, 4) is 5.69 Å². The number of hydrogen-bond acceptors (Lipinski definition) is 3. The van der Waals surface area contributed by atoms with Gasteiger partial charge in [0.1, 0.15) is 16.9 Å². The van der Waals surface area contributed by atoms with Gasteiger partial charge in [-0.2, -0.15) is 13.5 Å². The second-order valence-corrected chi connectivity index (χ2v) is 6.15. The summed E-state index contributed by atoms with van der Waals surface area (Å²) in [5.41, 5.74) is -0.696. The smallest absolute Gasteiger partial charge is 0.355 e. The summed E-state index contributed by atoms with van der Waals surface area (Å²) in [4.78, 5) is 21.4. The van der Waals surface area contributed by atoms with Crippen LogP contribution in [0.2, 0.25) is 5.02 Å². The highest BCUT2D eigenvalue weighted by atomic mass is 35.5. The predicted octanol–water partition coefficient (Wildman–Crippen LogP) is 3.79. The molecule has 1 aromatic heterocycles. The second-order valence-electron chi connectivity index (χ2n) is 5.09. The average Bonchev–Trinajstić information content (AvgIpc) is 2.82. The van der Waals surface area contributed by atoms with E-state index in [-0.39, 0.29) is 21.1 Å². The van der Waals surface area contributed by atoms with Crippen molar-refractivity contribution in [2.75, 3.05) is 0 Å². The first-order valence-electron chi connectivity index (χ1n) is 7.32. The lowest BCUT2D eigenvalue weighted by Crippen LogP contribution is -2.25. The van der Waals surface area contributed by atoms with Crippen LogP contribution in [0.1, 0.15) is 31.8 Å². The zero-order valence-corrected chi connectivity index (χ0v) is 15.5. The van der Waals surface area contributed by atoms with E-state index in [1.807, 2.05) is 0 Å². The standard InChI is InChI=1S/C12H11ClF3N3O.C3H5ClO2/c1-3-7-4-10(9(14)5-8(7)13)19-12(20)18(11(15)16)6(2)17-19;1-2(4)3(5)6/h4-5,11H,3H2,1-2H3;2H,1H3,(H,5,6). The summed E-state index contributed by atoms with van der Waals surface area (Å²) in [7, 11) is 0. The third-order valence-electron chi connectivity index (χ3n) is 3.24. The van der Waals surface area contributed by atoms with Crippen molar-refractivity contribution in [3.05, 3.63) is 44.8 Å². The van der Waals surface area contributed by atoms with Crippen molar-refractivity contribution in [2.45, 2.75) is 39.1 Å². The number of rotatable bonds is 4. The summed E-state index contributed by atoms with van der Waals surface area (Å²) < 4.78 is 40.2. The van der Waals surface area contributed by atoms with Crippen LogP contribution >= 0.6 is 23.2 Å². The molecule has 0 saturated heterocycles. The molecule has 11 heteroatoms. The van der Waals surface area contributed by atoms with Crippen LogP contribution in [0.5, 0.6) is 0 Å². The molecule has 1 N–H and O–H groups in total. The van der Waals surface area contributed by atoms with Gasteiger partial charge in [-0.15, -0.1) is 16.7 Å². The lowest BCUT2D eigenvalue weighted by molar-refractivity contribution is -0.136. The fourth-order valence-electron chi connectivity index (χ4n) is 1.87. The maximum atomic E-state index is 13.9. The number of nitrogens with zero attached hydrogens (tertiary/aromatic N) is 3. The topological polar surface area (TPSA) is 77.1 Å². The maximum Gasteiger partial charge on any atom is 0.355 e. The summed E-state index contributed by atoms with van der Waals surface area (Å²) in [6.07, 6.45) is 0.509. The van der Waals surface area contributed by atoms with Gasteiger partial charge in [0.15, 0.2) is 5.82 Å². The Morgan fingerprint density at radius 1 is 1.38 bits per heavy atom. The van der Waals surface area contributed by atoms with Crippen LogP contribution in [0, 0.1) is 12.7 Å². The van der Waals surface area contributed by atoms with Gasteiger partial charge in [-0.25, -0.2) is 13.8 Å². The third-order valence-corrected chi connectivity index (χ3v) is 3.78. The number of aryl methyl sites for hydroxylation is 2. The van der Waals surface area contributed by atoms with Crippen molar-refractivity contribution >= 4 is 29.2 Å². The van der Waals surface area contributed by atoms with Crippen molar-refractivity contribution in [1.29, 1.82) is 0 Å². The lowest BCUT2D eigenvalue weighted by atomic mass is 10.1. The summed E-state index contributed by atoms with van der Waals surface area (Å²) in [5, 5.41) is 11.0. The van der Waals surface area contributed by atoms with Gasteiger partial charge in [-0.1, -0.05) is 18.5 Å². The van der Waals surface area contributed by atoms with Crippen molar-refractivity contribution < 1.29 is 23.1 Å². The molecule has 0 spiro atoms. The fourth-order valence-corrected chi connectivity index (χ4v) is 2.16. The van der Waals surface area contributed by atoms with Crippen LogP contribution in [0.4, 0.5) is 13.2 Å². The van der Waals surface area contributed by atoms with E-state index in [1.54, 1.807) is 6.92 Å². The number of benzene rings is 1. The molecule has 6 nitrogen and oxygen atoms in total. The van der Waals surface area contributed by atoms with Gasteiger partial charge in [0.05, 0.1) is 0 Å². The Morgan fingerprint density at radius 3 is 2.31 bits per heavy atom. The van der Waals surface area contributed by atoms with Crippen molar-refractivity contribution in [3.63, 3.8) is 0 Å². The Bertz CT molecular complexity index is 851. The summed E-state index contributed by atoms with van der Waals surface area (Å²) in [5.74, 6) is -1.97. The number of carboxylic acid groups (broad SMARTS) is 1. The summed E-state index contributed by atoms with van der Waals surface area (Å²) >= 11 is 10.9. The summed E-state index contributed by atoms with van der Waals surface area (Å²) in [6.45, 7) is 1.43. The minimum atomic E-state index is -3.03. The van der Waals surface area contributed by atoms with E-state index >= 15 is 0 Å². The van der Waals surface area contributed by atoms with E-state index in [2.05, 4.69) is 5.10 Å². The Hall–Kier alpha value is -2.00. The molecule has 2 rings (SSSR count). The van der Waals surface area contributed by atoms with Crippen molar-refractivity contribution in [2.24, 2.45) is 0 Å². The molecule has 144 valence electrons. The van der Waals surface area contributed by atoms with Crippen molar-refractivity contribution in [1.82, 2.24) is 14.3 Å². The molecule has 0 saturated carbocycles. The normalized spacial score (nSPS) is 11.9. The second kappa shape index (κ2) is 9.09. The van der Waals surface area contributed by atoms with Crippen LogP contribution in [0.15, 0.2) is 16.9 Å². The van der Waals surface area contributed by atoms with Crippen LogP contribution in [-0.4, -0.2) is 30.8 Å². The molecule has 0 amide bonds. The van der Waals surface area contributed by atoms with Gasteiger partial charge in [0, 0.05) is 5.02 Å². The van der Waals surface area contributed by atoms with Gasteiger partial charge < -0.3 is 5.11 Å². The van der Waals surface area contributed by atoms with Crippen LogP contribution in [0.3, 0.4) is 0 Å². The monoisotopic (exact) mass is 413 g/mol. The van der Waals surface area contributed by atoms with E-state index in [1.165, 1.54) is 19.9 Å². The zero-order valence-electron chi connectivity index (χ0n) is 14.0. The number of carbonyl (C=O) groups is 1. The van der Waals surface area contributed by atoms with E-state index in [0.717, 1.165) is 6.07 Å². The van der Waals surface area contributed by atoms with E-state index in [9.17, 15) is 22.8 Å². The zero-order chi connectivity index (χ0) is 20.2. The first kappa shape index (κ1) is 22.0. The highest BCUT2D eigenvalue weighted by Crippen LogP contribution is 2.23. The molecule has 2 aromatic rings. The molecule has 0 radical (unpaired) electrons. The summed E-state index contributed by atoms with van der Waals surface area (Å²) in [6, 6.07) is 2.38. The molecule has 26 heavy (non-hydrogen) atoms. The van der Waals surface area contributed by atoms with Gasteiger partial charge in [0.25, 0.3) is 0 Å². The number of aliphatic carboxylic acids is 1. The molecular weight excluding hydrogens is 398 g/mol. The number of hydrogen-bond donors (Lipinski definition) is 1. The van der Waals surface area contributed by atoms with Gasteiger partial charge in [-0.05, 0) is 38.0 Å². The molecule has 0 aliphatic carbocycles. The third kappa shape index (κ3) is 5.01. The first-order valence-corrected chi connectivity index (χ1v) is 8.14. The number of aromatic nitrogens is 3. The molecule has 1 atom stereocenters. The quantitative estimate of drug-likeness (QED) is 0.773. The molecule has 1 heterocycles. The highest BCUT2D eigenvalue weighted by Gasteiger charge is 2.20. The Labute approximate surface area is 156 Å². The van der Waals surface area contributed by atoms with Gasteiger partial charge >= 0.3 is 18.2 Å². The molecule has 0 aliphatic heterocycles. The highest BCUT2D eigenvalue weighted by molar-refractivity contribution is 6.31. The molecule has 1 unspecified atom stereocenters. The molecule has 0 bridgehead atoms. The van der Waals surface area contributed by atoms with E-state index in [4.69, 9.17) is 28.3 Å². The number of carboxylic acids is 1. The first-order chi connectivity index (χ1) is 12.0. The minimum absolute atomic E-state index is 0.194. The Kier molecular flexibility index (Phi) is 7.70. The average molecular weight is 414 g/mol. The lowest BCUT2D eigenvalue weighted by Gasteiger charge is -2.06. The fraction of sp³-hybridized carbons (Fsp3) is 0.400. The Morgan fingerprint density at radius 2 is 1.92 bits per heavy atom. The number of halogens is 5. The SMILES string of the molecule is CC(Cl)C(=O)O.CCc1cc(-n2nc(C)n(C(F)F)c2=O)c(F)cc1Cl. The largest absolute Gasteiger partial charge is 0.480 e. The number of alkyl halides is 3. The predicted molar refractivity (Wildman–Crippen MR) is 91.1 cm³/mol. The molecule has 0 aliphatic rings. The van der Waals surface area contributed by atoms with E-state index in [0.29, 0.717) is 16.7 Å². The van der Waals surface area contributed by atoms with E-state index < -0.39 is 29.4 Å². The molecular formula is C15H16Cl2F3N3O3. The minimum Gasteiger partial charge on any atom is -0.480 e. The van der Waals surface area contributed by atoms with Gasteiger partial charge in [-0.3, -0.25) is 4.79 Å². The van der Waals surface area contributed by atoms with Crippen LogP contribution < -0.4 is 5.69 Å².